The van der Waals surface area contributed by atoms with Gasteiger partial charge < -0.3 is 15.0 Å². The maximum absolute atomic E-state index is 13.5. The predicted molar refractivity (Wildman–Crippen MR) is 118 cm³/mol. The van der Waals surface area contributed by atoms with Gasteiger partial charge in [-0.05, 0) is 46.0 Å². The second kappa shape index (κ2) is 7.76. The summed E-state index contributed by atoms with van der Waals surface area (Å²) in [5.41, 5.74) is 0.332. The van der Waals surface area contributed by atoms with Crippen LogP contribution in [0.3, 0.4) is 0 Å². The van der Waals surface area contributed by atoms with E-state index in [1.165, 1.54) is 4.90 Å². The Hall–Kier alpha value is -2.71. The number of carbonyl (C=O) groups excluding carboxylic acids is 1. The summed E-state index contributed by atoms with van der Waals surface area (Å²) >= 11 is 0. The molecule has 0 aliphatic carbocycles. The lowest BCUT2D eigenvalue weighted by molar-refractivity contribution is -0.144. The number of aromatic amines is 1. The minimum absolute atomic E-state index is 0.0106. The van der Waals surface area contributed by atoms with Crippen molar-refractivity contribution in [3.8, 4) is 0 Å². The van der Waals surface area contributed by atoms with Crippen LogP contribution in [0.25, 0.3) is 5.65 Å². The molecule has 172 valence electrons. The molecule has 9 heteroatoms. The smallest absolute Gasteiger partial charge is 0.408 e. The molecule has 31 heavy (non-hydrogen) atoms. The Bertz CT molecular complexity index is 1030. The summed E-state index contributed by atoms with van der Waals surface area (Å²) in [7, 11) is 0. The Kier molecular flexibility index (Phi) is 5.75. The molecular weight excluding hydrogens is 398 g/mol. The standard InChI is InChI=1S/C22H35N5O4/c1-14-12-26-16(23-14)13-25(19(26)29)15-8-10-24(11-9-15)18(28)17(21(2,3)4)27(20(30)31)22(5,6)7/h12-13,15,17,23H,8-11H2,1-7H3,(H,30,31)/t17-/m0/s1. The van der Waals surface area contributed by atoms with Crippen LogP contribution in [0, 0.1) is 12.3 Å². The van der Waals surface area contributed by atoms with Gasteiger partial charge in [0.15, 0.2) is 0 Å². The van der Waals surface area contributed by atoms with Gasteiger partial charge in [-0.15, -0.1) is 0 Å². The largest absolute Gasteiger partial charge is 0.465 e. The third-order valence-corrected chi connectivity index (χ3v) is 6.01. The van der Waals surface area contributed by atoms with Gasteiger partial charge in [-0.2, -0.15) is 0 Å². The Balaban J connectivity index is 1.79. The fourth-order valence-electron chi connectivity index (χ4n) is 4.57. The van der Waals surface area contributed by atoms with E-state index in [1.807, 2.05) is 54.7 Å². The molecule has 2 aromatic heterocycles. The lowest BCUT2D eigenvalue weighted by Gasteiger charge is -2.46. The minimum atomic E-state index is -1.10. The number of carbonyl (C=O) groups is 2. The normalized spacial score (nSPS) is 17.2. The van der Waals surface area contributed by atoms with Gasteiger partial charge in [-0.3, -0.25) is 18.7 Å². The first-order valence-corrected chi connectivity index (χ1v) is 10.8. The first-order chi connectivity index (χ1) is 14.2. The Labute approximate surface area is 182 Å². The Morgan fingerprint density at radius 3 is 2.16 bits per heavy atom. The van der Waals surface area contributed by atoms with Crippen molar-refractivity contribution >= 4 is 17.6 Å². The highest BCUT2D eigenvalue weighted by atomic mass is 16.4. The number of nitrogens with one attached hydrogen (secondary N) is 1. The van der Waals surface area contributed by atoms with Crippen molar-refractivity contribution in [2.75, 3.05) is 13.1 Å². The van der Waals surface area contributed by atoms with Crippen molar-refractivity contribution < 1.29 is 14.7 Å². The fraction of sp³-hybridized carbons (Fsp3) is 0.682. The third kappa shape index (κ3) is 4.36. The molecule has 0 unspecified atom stereocenters. The summed E-state index contributed by atoms with van der Waals surface area (Å²) in [6.45, 7) is 14.0. The SMILES string of the molecule is Cc1cn2c(=O)n(C3CCN(C(=O)[C@H](N(C(=O)O)C(C)(C)C)C(C)(C)C)CC3)cc2[nH]1. The molecule has 1 fully saturated rings. The number of amides is 2. The molecule has 0 saturated carbocycles. The van der Waals surface area contributed by atoms with E-state index in [0.29, 0.717) is 25.9 Å². The van der Waals surface area contributed by atoms with Gasteiger partial charge in [-0.25, -0.2) is 9.59 Å². The van der Waals surface area contributed by atoms with Crippen LogP contribution in [0.5, 0.6) is 0 Å². The molecule has 0 radical (unpaired) electrons. The average molecular weight is 434 g/mol. The number of fused-ring (bicyclic) bond motifs is 1. The third-order valence-electron chi connectivity index (χ3n) is 6.01. The number of nitrogens with zero attached hydrogens (tertiary/aromatic N) is 4. The van der Waals surface area contributed by atoms with E-state index in [-0.39, 0.29) is 17.6 Å². The van der Waals surface area contributed by atoms with Crippen LogP contribution in [0.2, 0.25) is 0 Å². The van der Waals surface area contributed by atoms with Crippen molar-refractivity contribution in [3.63, 3.8) is 0 Å². The Morgan fingerprint density at radius 2 is 1.71 bits per heavy atom. The highest BCUT2D eigenvalue weighted by Gasteiger charge is 2.46. The lowest BCUT2D eigenvalue weighted by Crippen LogP contribution is -2.62. The number of imidazole rings is 2. The van der Waals surface area contributed by atoms with Crippen LogP contribution in [-0.2, 0) is 4.79 Å². The van der Waals surface area contributed by atoms with Crippen LogP contribution in [-0.4, -0.2) is 65.5 Å². The van der Waals surface area contributed by atoms with Crippen molar-refractivity contribution in [1.29, 1.82) is 0 Å². The molecule has 9 nitrogen and oxygen atoms in total. The first-order valence-electron chi connectivity index (χ1n) is 10.8. The molecule has 0 bridgehead atoms. The van der Waals surface area contributed by atoms with Crippen LogP contribution in [0.15, 0.2) is 17.2 Å². The summed E-state index contributed by atoms with van der Waals surface area (Å²) in [6, 6.07) is -0.781. The molecule has 2 amide bonds. The number of rotatable bonds is 3. The molecule has 1 saturated heterocycles. The van der Waals surface area contributed by atoms with Gasteiger partial charge in [0.1, 0.15) is 11.7 Å². The highest BCUT2D eigenvalue weighted by molar-refractivity contribution is 5.86. The van der Waals surface area contributed by atoms with Crippen molar-refractivity contribution in [2.45, 2.75) is 78.9 Å². The van der Waals surface area contributed by atoms with E-state index < -0.39 is 23.1 Å². The van der Waals surface area contributed by atoms with Gasteiger partial charge in [-0.1, -0.05) is 20.8 Å². The van der Waals surface area contributed by atoms with Gasteiger partial charge >= 0.3 is 11.8 Å². The van der Waals surface area contributed by atoms with Crippen LogP contribution in [0.4, 0.5) is 4.79 Å². The number of aromatic nitrogens is 3. The number of hydrogen-bond acceptors (Lipinski definition) is 3. The number of piperidine rings is 1. The summed E-state index contributed by atoms with van der Waals surface area (Å²) in [6.07, 6.45) is 3.82. The number of carboxylic acid groups (broad SMARTS) is 1. The molecule has 0 aromatic carbocycles. The summed E-state index contributed by atoms with van der Waals surface area (Å²) in [5, 5.41) is 9.89. The zero-order valence-corrected chi connectivity index (χ0v) is 19.6. The predicted octanol–water partition coefficient (Wildman–Crippen LogP) is 3.09. The van der Waals surface area contributed by atoms with E-state index in [0.717, 1.165) is 11.3 Å². The Morgan fingerprint density at radius 1 is 1.13 bits per heavy atom. The van der Waals surface area contributed by atoms with Crippen LogP contribution >= 0.6 is 0 Å². The highest BCUT2D eigenvalue weighted by Crippen LogP contribution is 2.33. The van der Waals surface area contributed by atoms with Crippen LogP contribution in [0.1, 0.15) is 66.1 Å². The zero-order chi connectivity index (χ0) is 23.3. The van der Waals surface area contributed by atoms with E-state index >= 15 is 0 Å². The maximum Gasteiger partial charge on any atom is 0.408 e. The van der Waals surface area contributed by atoms with E-state index in [4.69, 9.17) is 0 Å². The summed E-state index contributed by atoms with van der Waals surface area (Å²) in [4.78, 5) is 44.6. The molecule has 3 heterocycles. The zero-order valence-electron chi connectivity index (χ0n) is 19.6. The van der Waals surface area contributed by atoms with E-state index in [9.17, 15) is 19.5 Å². The molecule has 2 aromatic rings. The molecule has 1 aliphatic heterocycles. The minimum Gasteiger partial charge on any atom is -0.465 e. The van der Waals surface area contributed by atoms with Crippen molar-refractivity contribution in [1.82, 2.24) is 23.8 Å². The van der Waals surface area contributed by atoms with Crippen molar-refractivity contribution in [3.05, 3.63) is 28.6 Å². The maximum atomic E-state index is 13.5. The monoisotopic (exact) mass is 433 g/mol. The second-order valence-corrected chi connectivity index (χ2v) is 10.7. The average Bonchev–Trinajstić information content (AvgIpc) is 3.14. The van der Waals surface area contributed by atoms with Gasteiger partial charge in [0.2, 0.25) is 5.91 Å². The first kappa shape index (κ1) is 23.0. The topological polar surface area (TPSA) is 103 Å². The van der Waals surface area contributed by atoms with Gasteiger partial charge in [0.05, 0.1) is 6.20 Å². The molecule has 3 rings (SSSR count). The summed E-state index contributed by atoms with van der Waals surface area (Å²) in [5.74, 6) is -0.171. The number of likely N-dealkylation sites (tertiary alicyclic amines) is 1. The molecule has 0 spiro atoms. The number of hydrogen-bond donors (Lipinski definition) is 2. The van der Waals surface area contributed by atoms with E-state index in [1.54, 1.807) is 20.1 Å². The van der Waals surface area contributed by atoms with E-state index in [2.05, 4.69) is 4.98 Å². The lowest BCUT2D eigenvalue weighted by atomic mass is 9.82. The molecular formula is C22H35N5O4. The summed E-state index contributed by atoms with van der Waals surface area (Å²) < 4.78 is 3.35. The van der Waals surface area contributed by atoms with Gasteiger partial charge in [0, 0.05) is 36.6 Å². The van der Waals surface area contributed by atoms with Gasteiger partial charge in [0.25, 0.3) is 0 Å². The molecule has 1 atom stereocenters. The van der Waals surface area contributed by atoms with Crippen molar-refractivity contribution in [2.24, 2.45) is 5.41 Å². The number of aryl methyl sites for hydroxylation is 1. The molecule has 1 aliphatic rings. The van der Waals surface area contributed by atoms with Crippen LogP contribution < -0.4 is 5.69 Å². The quantitative estimate of drug-likeness (QED) is 0.776. The number of H-pyrrole nitrogens is 1. The fourth-order valence-corrected chi connectivity index (χ4v) is 4.57. The second-order valence-electron chi connectivity index (χ2n) is 10.7. The molecule has 2 N–H and O–H groups in total.